The van der Waals surface area contributed by atoms with Gasteiger partial charge in [0, 0.05) is 5.69 Å². The van der Waals surface area contributed by atoms with Gasteiger partial charge in [0.15, 0.2) is 6.61 Å². The van der Waals surface area contributed by atoms with Crippen molar-refractivity contribution >= 4 is 73.1 Å². The van der Waals surface area contributed by atoms with Crippen LogP contribution in [0.15, 0.2) is 75.2 Å². The van der Waals surface area contributed by atoms with E-state index in [-0.39, 0.29) is 23.8 Å². The lowest BCUT2D eigenvalue weighted by Crippen LogP contribution is -2.54. The molecule has 0 saturated carbocycles. The summed E-state index contributed by atoms with van der Waals surface area (Å²) in [5.41, 5.74) is 1.95. The Morgan fingerprint density at radius 2 is 1.65 bits per heavy atom. The van der Waals surface area contributed by atoms with Crippen LogP contribution in [-0.4, -0.2) is 30.4 Å². The fraction of sp³-hybridized carbons (Fsp3) is 0.0769. The number of urea groups is 1. The summed E-state index contributed by atoms with van der Waals surface area (Å²) in [7, 11) is 0. The first-order valence-electron chi connectivity index (χ1n) is 10.8. The molecule has 0 aromatic heterocycles. The Balaban J connectivity index is 1.51. The first kappa shape index (κ1) is 26.2. The Hall–Kier alpha value is -3.83. The molecular formula is C26H18Br2FN3O5. The Morgan fingerprint density at radius 3 is 2.27 bits per heavy atom. The molecule has 11 heteroatoms. The minimum Gasteiger partial charge on any atom is -0.481 e. The molecule has 1 fully saturated rings. The highest BCUT2D eigenvalue weighted by atomic mass is 79.9. The maximum Gasteiger partial charge on any atom is 0.335 e. The minimum atomic E-state index is -0.936. The number of imide groups is 2. The monoisotopic (exact) mass is 629 g/mol. The number of ether oxygens (including phenoxy) is 1. The van der Waals surface area contributed by atoms with Crippen molar-refractivity contribution in [2.45, 2.75) is 6.92 Å². The molecule has 8 nitrogen and oxygen atoms in total. The van der Waals surface area contributed by atoms with Gasteiger partial charge in [-0.3, -0.25) is 19.7 Å². The number of nitrogens with zero attached hydrogens (tertiary/aromatic N) is 1. The van der Waals surface area contributed by atoms with E-state index in [0.717, 1.165) is 22.6 Å². The number of hydrogen-bond acceptors (Lipinski definition) is 5. The molecule has 3 aromatic carbocycles. The summed E-state index contributed by atoms with van der Waals surface area (Å²) in [5.74, 6) is -2.29. The van der Waals surface area contributed by atoms with Gasteiger partial charge in [0.2, 0.25) is 0 Å². The molecule has 5 amide bonds. The van der Waals surface area contributed by atoms with Crippen LogP contribution in [0, 0.1) is 12.7 Å². The smallest absolute Gasteiger partial charge is 0.335 e. The summed E-state index contributed by atoms with van der Waals surface area (Å²) in [5, 5.41) is 4.85. The van der Waals surface area contributed by atoms with Gasteiger partial charge in [0.25, 0.3) is 17.7 Å². The second-order valence-corrected chi connectivity index (χ2v) is 9.66. The molecule has 1 heterocycles. The van der Waals surface area contributed by atoms with Gasteiger partial charge in [0.1, 0.15) is 17.1 Å². The van der Waals surface area contributed by atoms with Crippen molar-refractivity contribution in [3.8, 4) is 5.75 Å². The van der Waals surface area contributed by atoms with Gasteiger partial charge in [-0.15, -0.1) is 0 Å². The predicted octanol–water partition coefficient (Wildman–Crippen LogP) is 5.34. The summed E-state index contributed by atoms with van der Waals surface area (Å²) in [6.07, 6.45) is 1.31. The molecule has 3 aromatic rings. The van der Waals surface area contributed by atoms with E-state index in [1.165, 1.54) is 18.2 Å². The van der Waals surface area contributed by atoms with Crippen LogP contribution in [-0.2, 0) is 14.4 Å². The number of nitrogens with one attached hydrogen (secondary N) is 2. The molecule has 1 aliphatic rings. The number of halogens is 3. The van der Waals surface area contributed by atoms with E-state index in [1.807, 2.05) is 19.1 Å². The summed E-state index contributed by atoms with van der Waals surface area (Å²) in [6.45, 7) is 1.68. The Bertz CT molecular complexity index is 1420. The van der Waals surface area contributed by atoms with Crippen LogP contribution >= 0.6 is 31.9 Å². The number of hydrogen-bond donors (Lipinski definition) is 2. The van der Waals surface area contributed by atoms with Crippen molar-refractivity contribution in [3.63, 3.8) is 0 Å². The van der Waals surface area contributed by atoms with Crippen LogP contribution in [0.2, 0.25) is 0 Å². The van der Waals surface area contributed by atoms with Gasteiger partial charge in [-0.1, -0.05) is 17.7 Å². The number of barbiturate groups is 1. The van der Waals surface area contributed by atoms with E-state index >= 15 is 0 Å². The summed E-state index contributed by atoms with van der Waals surface area (Å²) in [4.78, 5) is 50.8. The quantitative estimate of drug-likeness (QED) is 0.283. The second-order valence-electron chi connectivity index (χ2n) is 7.95. The average molecular weight is 631 g/mol. The molecule has 0 bridgehead atoms. The zero-order valence-electron chi connectivity index (χ0n) is 19.2. The number of anilines is 2. The van der Waals surface area contributed by atoms with E-state index in [4.69, 9.17) is 4.74 Å². The van der Waals surface area contributed by atoms with E-state index < -0.39 is 23.7 Å². The fourth-order valence-corrected chi connectivity index (χ4v) is 4.87. The molecule has 37 heavy (non-hydrogen) atoms. The van der Waals surface area contributed by atoms with Crippen LogP contribution in [0.5, 0.6) is 5.75 Å². The van der Waals surface area contributed by atoms with Gasteiger partial charge < -0.3 is 10.1 Å². The van der Waals surface area contributed by atoms with E-state index in [9.17, 15) is 23.6 Å². The highest BCUT2D eigenvalue weighted by Gasteiger charge is 2.36. The van der Waals surface area contributed by atoms with Crippen molar-refractivity contribution in [1.29, 1.82) is 0 Å². The van der Waals surface area contributed by atoms with Crippen LogP contribution in [0.4, 0.5) is 20.6 Å². The van der Waals surface area contributed by atoms with Crippen molar-refractivity contribution in [2.75, 3.05) is 16.8 Å². The van der Waals surface area contributed by atoms with Gasteiger partial charge in [-0.05, 0) is 99.0 Å². The maximum atomic E-state index is 13.3. The van der Waals surface area contributed by atoms with Gasteiger partial charge in [-0.25, -0.2) is 14.1 Å². The van der Waals surface area contributed by atoms with Crippen LogP contribution in [0.1, 0.15) is 11.1 Å². The molecule has 4 rings (SSSR count). The predicted molar refractivity (Wildman–Crippen MR) is 143 cm³/mol. The van der Waals surface area contributed by atoms with Crippen molar-refractivity contribution in [1.82, 2.24) is 5.32 Å². The molecule has 2 N–H and O–H groups in total. The minimum absolute atomic E-state index is 0.109. The Kier molecular flexibility index (Phi) is 7.84. The van der Waals surface area contributed by atoms with E-state index in [1.54, 1.807) is 24.3 Å². The third kappa shape index (κ3) is 6.12. The molecule has 0 atom stereocenters. The lowest BCUT2D eigenvalue weighted by Gasteiger charge is -2.26. The van der Waals surface area contributed by atoms with Gasteiger partial charge in [-0.2, -0.15) is 0 Å². The lowest BCUT2D eigenvalue weighted by atomic mass is 10.1. The van der Waals surface area contributed by atoms with E-state index in [0.29, 0.717) is 25.9 Å². The van der Waals surface area contributed by atoms with Crippen molar-refractivity contribution in [3.05, 3.63) is 92.1 Å². The van der Waals surface area contributed by atoms with Crippen molar-refractivity contribution < 1.29 is 28.3 Å². The number of benzene rings is 3. The number of carbonyl (C=O) groups is 4. The van der Waals surface area contributed by atoms with Crippen molar-refractivity contribution in [2.24, 2.45) is 0 Å². The largest absolute Gasteiger partial charge is 0.481 e. The van der Waals surface area contributed by atoms with Crippen LogP contribution in [0.25, 0.3) is 6.08 Å². The third-order valence-corrected chi connectivity index (χ3v) is 6.38. The molecule has 188 valence electrons. The summed E-state index contributed by atoms with van der Waals surface area (Å²) >= 11 is 6.76. The Morgan fingerprint density at radius 1 is 1.03 bits per heavy atom. The molecular weight excluding hydrogens is 613 g/mol. The third-order valence-electron chi connectivity index (χ3n) is 5.20. The van der Waals surface area contributed by atoms with Gasteiger partial charge in [0.05, 0.1) is 14.6 Å². The SMILES string of the molecule is Cc1ccc(NC(=O)COc2c(Br)cc(/C=C3\C(=O)NC(=O)N(c4ccc(F)cc4)C3=O)cc2Br)cc1. The zero-order chi connectivity index (χ0) is 26.7. The summed E-state index contributed by atoms with van der Waals surface area (Å²) < 4.78 is 19.8. The van der Waals surface area contributed by atoms with E-state index in [2.05, 4.69) is 42.5 Å². The number of carbonyl (C=O) groups excluding carboxylic acids is 4. The first-order chi connectivity index (χ1) is 17.6. The highest BCUT2D eigenvalue weighted by molar-refractivity contribution is 9.11. The molecule has 0 radical (unpaired) electrons. The zero-order valence-corrected chi connectivity index (χ0v) is 22.4. The number of amides is 5. The molecule has 0 unspecified atom stereocenters. The maximum absolute atomic E-state index is 13.3. The van der Waals surface area contributed by atoms with Gasteiger partial charge >= 0.3 is 6.03 Å². The molecule has 0 aliphatic carbocycles. The van der Waals surface area contributed by atoms with Crippen LogP contribution < -0.4 is 20.3 Å². The normalized spacial score (nSPS) is 14.5. The highest BCUT2D eigenvalue weighted by Crippen LogP contribution is 2.36. The lowest BCUT2D eigenvalue weighted by molar-refractivity contribution is -0.122. The second kappa shape index (κ2) is 11.1. The average Bonchev–Trinajstić information content (AvgIpc) is 2.84. The van der Waals surface area contributed by atoms with Crippen LogP contribution in [0.3, 0.4) is 0 Å². The topological polar surface area (TPSA) is 105 Å². The molecule has 1 saturated heterocycles. The summed E-state index contributed by atoms with van der Waals surface area (Å²) in [6, 6.07) is 14.3. The number of rotatable bonds is 6. The standard InChI is InChI=1S/C26H18Br2FN3O5/c1-14-2-6-17(7-3-14)30-22(33)13-37-23-20(27)11-15(12-21(23)28)10-19-24(34)31-26(36)32(25(19)35)18-8-4-16(29)5-9-18/h2-12H,13H2,1H3,(H,30,33)(H,31,34,36)/b19-10+. The Labute approximate surface area is 227 Å². The number of aryl methyl sites for hydroxylation is 1. The first-order valence-corrected chi connectivity index (χ1v) is 12.4. The molecule has 0 spiro atoms. The fourth-order valence-electron chi connectivity index (χ4n) is 3.42. The molecule has 1 aliphatic heterocycles.